The summed E-state index contributed by atoms with van der Waals surface area (Å²) in [5.41, 5.74) is -0.225. The smallest absolute Gasteiger partial charge is 0.329 e. The van der Waals surface area contributed by atoms with Crippen LogP contribution in [0.25, 0.3) is 0 Å². The van der Waals surface area contributed by atoms with Gasteiger partial charge in [0.15, 0.2) is 0 Å². The number of amides is 3. The monoisotopic (exact) mass is 637 g/mol. The lowest BCUT2D eigenvalue weighted by Crippen LogP contribution is -2.62. The molecule has 3 aromatic carbocycles. The first-order valence-corrected chi connectivity index (χ1v) is 14.8. The van der Waals surface area contributed by atoms with Crippen LogP contribution >= 0.6 is 15.9 Å². The van der Waals surface area contributed by atoms with E-state index in [0.29, 0.717) is 28.9 Å². The lowest BCUT2D eigenvalue weighted by molar-refractivity contribution is -0.140. The summed E-state index contributed by atoms with van der Waals surface area (Å²) in [5.74, 6) is 0.0629. The van der Waals surface area contributed by atoms with Gasteiger partial charge in [0.2, 0.25) is 0 Å². The molecular weight excluding hydrogens is 602 g/mol. The highest BCUT2D eigenvalue weighted by molar-refractivity contribution is 9.10. The molecule has 0 saturated carbocycles. The second kappa shape index (κ2) is 13.1. The lowest BCUT2D eigenvalue weighted by atomic mass is 9.94. The van der Waals surface area contributed by atoms with Crippen molar-refractivity contribution in [2.45, 2.75) is 18.7 Å². The number of ether oxygens (including phenoxy) is 2. The third-order valence-corrected chi connectivity index (χ3v) is 8.21. The molecule has 1 saturated heterocycles. The third kappa shape index (κ3) is 6.24. The normalized spacial score (nSPS) is 19.1. The van der Waals surface area contributed by atoms with E-state index in [0.717, 1.165) is 44.2 Å². The van der Waals surface area contributed by atoms with E-state index in [1.807, 2.05) is 6.07 Å². The van der Waals surface area contributed by atoms with Crippen molar-refractivity contribution >= 4 is 39.2 Å². The summed E-state index contributed by atoms with van der Waals surface area (Å²) in [6.45, 7) is 5.99. The number of anilines is 2. The first-order chi connectivity index (χ1) is 20.3. The van der Waals surface area contributed by atoms with Gasteiger partial charge >= 0.3 is 6.03 Å². The summed E-state index contributed by atoms with van der Waals surface area (Å²) >= 11 is 3.44. The van der Waals surface area contributed by atoms with Gasteiger partial charge in [-0.3, -0.25) is 9.69 Å². The average molecular weight is 639 g/mol. The zero-order valence-corrected chi connectivity index (χ0v) is 25.4. The highest BCUT2D eigenvalue weighted by Gasteiger charge is 2.52. The average Bonchev–Trinajstić information content (AvgIpc) is 3.01. The number of hydrogen-bond acceptors (Lipinski definition) is 7. The molecule has 5 rings (SSSR count). The Kier molecular flexibility index (Phi) is 9.32. The number of fused-ring (bicyclic) bond motifs is 1. The van der Waals surface area contributed by atoms with Crippen LogP contribution < -0.4 is 25.0 Å². The van der Waals surface area contributed by atoms with Crippen molar-refractivity contribution in [2.24, 2.45) is 0 Å². The molecule has 11 heteroatoms. The summed E-state index contributed by atoms with van der Waals surface area (Å²) in [4.78, 5) is 33.1. The molecule has 42 heavy (non-hydrogen) atoms. The summed E-state index contributed by atoms with van der Waals surface area (Å²) in [7, 11) is 2.97. The maximum absolute atomic E-state index is 13.8. The van der Waals surface area contributed by atoms with Gasteiger partial charge in [-0.15, -0.1) is 0 Å². The number of methoxy groups -OCH3 is 2. The quantitative estimate of drug-likeness (QED) is 0.289. The van der Waals surface area contributed by atoms with Crippen LogP contribution in [0, 0.1) is 0 Å². The molecule has 1 unspecified atom stereocenters. The largest absolute Gasteiger partial charge is 0.497 e. The van der Waals surface area contributed by atoms with Gasteiger partial charge in [-0.05, 0) is 48.9 Å². The second-order valence-electron chi connectivity index (χ2n) is 10.4. The Morgan fingerprint density at radius 1 is 1.00 bits per heavy atom. The standard InChI is InChI=1S/C31H36BrN5O5/c1-41-24-10-12-27(28(20-24)42-2)37-30(39)34-26-11-9-23(32)19-25(26)31(37,40)29(38)33-13-6-14-35-15-17-36(18-16-35)21-22-7-4-3-5-8-22/h3-5,7-12,19-20,40H,6,13-18,21H2,1-2H3,(H,33,38)(H,34,39). The first-order valence-electron chi connectivity index (χ1n) is 14.0. The minimum absolute atomic E-state index is 0.215. The Balaban J connectivity index is 1.27. The summed E-state index contributed by atoms with van der Waals surface area (Å²) in [5, 5.41) is 17.8. The Hall–Kier alpha value is -3.64. The fraction of sp³-hybridized carbons (Fsp3) is 0.355. The van der Waals surface area contributed by atoms with Gasteiger partial charge in [0, 0.05) is 55.4 Å². The molecule has 1 fully saturated rings. The molecule has 1 atom stereocenters. The Morgan fingerprint density at radius 2 is 1.74 bits per heavy atom. The van der Waals surface area contributed by atoms with Gasteiger partial charge in [0.1, 0.15) is 11.5 Å². The van der Waals surface area contributed by atoms with Crippen molar-refractivity contribution < 1.29 is 24.2 Å². The van der Waals surface area contributed by atoms with Gasteiger partial charge in [0.25, 0.3) is 11.6 Å². The van der Waals surface area contributed by atoms with Gasteiger partial charge in [-0.2, -0.15) is 0 Å². The van der Waals surface area contributed by atoms with Crippen LogP contribution in [0.15, 0.2) is 71.2 Å². The Labute approximate surface area is 254 Å². The SMILES string of the molecule is COc1ccc(N2C(=O)Nc3ccc(Br)cc3C2(O)C(=O)NCCCN2CCN(Cc3ccccc3)CC2)c(OC)c1. The zero-order chi connectivity index (χ0) is 29.7. The highest BCUT2D eigenvalue weighted by atomic mass is 79.9. The van der Waals surface area contributed by atoms with Crippen molar-refractivity contribution in [2.75, 3.05) is 63.7 Å². The fourth-order valence-corrected chi connectivity index (χ4v) is 5.83. The second-order valence-corrected chi connectivity index (χ2v) is 11.3. The summed E-state index contributed by atoms with van der Waals surface area (Å²) in [6.07, 6.45) is 0.698. The van der Waals surface area contributed by atoms with E-state index < -0.39 is 17.7 Å². The Morgan fingerprint density at radius 3 is 2.45 bits per heavy atom. The van der Waals surface area contributed by atoms with Crippen molar-refractivity contribution in [3.05, 3.63) is 82.3 Å². The number of urea groups is 1. The molecule has 3 N–H and O–H groups in total. The van der Waals surface area contributed by atoms with Crippen molar-refractivity contribution in [1.82, 2.24) is 15.1 Å². The van der Waals surface area contributed by atoms with Crippen LogP contribution in [-0.2, 0) is 17.1 Å². The number of aliphatic hydroxyl groups is 1. The molecule has 2 aliphatic heterocycles. The van der Waals surface area contributed by atoms with Crippen LogP contribution in [0.4, 0.5) is 16.2 Å². The van der Waals surface area contributed by atoms with E-state index >= 15 is 0 Å². The van der Waals surface area contributed by atoms with E-state index in [9.17, 15) is 14.7 Å². The maximum Gasteiger partial charge on any atom is 0.329 e. The number of hydrogen-bond donors (Lipinski definition) is 3. The van der Waals surface area contributed by atoms with E-state index in [1.54, 1.807) is 36.4 Å². The summed E-state index contributed by atoms with van der Waals surface area (Å²) < 4.78 is 11.5. The summed E-state index contributed by atoms with van der Waals surface area (Å²) in [6, 6.07) is 19.6. The molecule has 0 aliphatic carbocycles. The predicted molar refractivity (Wildman–Crippen MR) is 165 cm³/mol. The van der Waals surface area contributed by atoms with Crippen LogP contribution in [0.5, 0.6) is 11.5 Å². The predicted octanol–water partition coefficient (Wildman–Crippen LogP) is 3.99. The molecule has 3 aromatic rings. The molecule has 0 spiro atoms. The molecular formula is C31H36BrN5O5. The molecule has 2 aliphatic rings. The number of nitrogens with one attached hydrogen (secondary N) is 2. The number of carbonyl (C=O) groups is 2. The third-order valence-electron chi connectivity index (χ3n) is 7.72. The van der Waals surface area contributed by atoms with Crippen LogP contribution in [0.3, 0.4) is 0 Å². The van der Waals surface area contributed by atoms with Gasteiger partial charge in [0.05, 0.1) is 25.6 Å². The van der Waals surface area contributed by atoms with E-state index in [1.165, 1.54) is 19.8 Å². The van der Waals surface area contributed by atoms with E-state index in [-0.39, 0.29) is 17.0 Å². The molecule has 3 amide bonds. The zero-order valence-electron chi connectivity index (χ0n) is 23.8. The lowest BCUT2D eigenvalue weighted by Gasteiger charge is -2.43. The topological polar surface area (TPSA) is 107 Å². The molecule has 10 nitrogen and oxygen atoms in total. The molecule has 0 aromatic heterocycles. The number of piperazine rings is 1. The first kappa shape index (κ1) is 29.8. The van der Waals surface area contributed by atoms with Crippen LogP contribution in [0.2, 0.25) is 0 Å². The van der Waals surface area contributed by atoms with Gasteiger partial charge in [-0.25, -0.2) is 9.69 Å². The number of nitrogens with zero attached hydrogens (tertiary/aromatic N) is 3. The van der Waals surface area contributed by atoms with Crippen LogP contribution in [-0.4, -0.2) is 80.3 Å². The molecule has 0 bridgehead atoms. The number of rotatable bonds is 10. The Bertz CT molecular complexity index is 1420. The maximum atomic E-state index is 13.8. The molecule has 222 valence electrons. The minimum atomic E-state index is -2.34. The minimum Gasteiger partial charge on any atom is -0.497 e. The number of carbonyl (C=O) groups excluding carboxylic acids is 2. The van der Waals surface area contributed by atoms with Crippen molar-refractivity contribution in [3.8, 4) is 11.5 Å². The molecule has 2 heterocycles. The van der Waals surface area contributed by atoms with Gasteiger partial charge < -0.3 is 30.1 Å². The molecule has 0 radical (unpaired) electrons. The fourth-order valence-electron chi connectivity index (χ4n) is 5.47. The van der Waals surface area contributed by atoms with E-state index in [4.69, 9.17) is 9.47 Å². The van der Waals surface area contributed by atoms with Gasteiger partial charge in [-0.1, -0.05) is 46.3 Å². The highest BCUT2D eigenvalue weighted by Crippen LogP contribution is 2.44. The van der Waals surface area contributed by atoms with Crippen LogP contribution in [0.1, 0.15) is 17.5 Å². The van der Waals surface area contributed by atoms with Crippen molar-refractivity contribution in [3.63, 3.8) is 0 Å². The number of benzene rings is 3. The van der Waals surface area contributed by atoms with Crippen molar-refractivity contribution in [1.29, 1.82) is 0 Å². The van der Waals surface area contributed by atoms with E-state index in [2.05, 4.69) is 60.6 Å². The number of halogens is 1.